The molecule has 2 N–H and O–H groups in total. The number of nitrogens with zero attached hydrogens (tertiary/aromatic N) is 6. The number of β-amino-alcohol motifs (C(OH)–C–C–N with tert-alkyl or cyclic N) is 1. The molecule has 5 aliphatic rings. The minimum Gasteiger partial charge on any atom is -0.480 e. The highest BCUT2D eigenvalue weighted by Gasteiger charge is 2.52. The van der Waals surface area contributed by atoms with Gasteiger partial charge in [-0.2, -0.15) is 15.1 Å². The van der Waals surface area contributed by atoms with Crippen LogP contribution in [0.3, 0.4) is 0 Å². The number of benzene rings is 1. The van der Waals surface area contributed by atoms with Crippen molar-refractivity contribution in [1.82, 2.24) is 30.0 Å². The molecular formula is C39H50FN7O5. The van der Waals surface area contributed by atoms with Crippen LogP contribution in [0.4, 0.5) is 10.2 Å². The molecule has 3 aliphatic carbocycles. The number of piperidine rings is 1. The number of aromatic nitrogens is 5. The monoisotopic (exact) mass is 715 g/mol. The zero-order valence-electron chi connectivity index (χ0n) is 30.7. The predicted molar refractivity (Wildman–Crippen MR) is 195 cm³/mol. The molecule has 13 heteroatoms. The van der Waals surface area contributed by atoms with Crippen LogP contribution >= 0.6 is 0 Å². The molecule has 278 valence electrons. The Bertz CT molecular complexity index is 2000. The van der Waals surface area contributed by atoms with E-state index in [1.54, 1.807) is 13.1 Å². The molecule has 4 aromatic rings. The Morgan fingerprint density at radius 1 is 1.10 bits per heavy atom. The Morgan fingerprint density at radius 2 is 1.92 bits per heavy atom. The van der Waals surface area contributed by atoms with Crippen LogP contribution in [0, 0.1) is 18.2 Å². The first-order chi connectivity index (χ1) is 25.2. The lowest BCUT2D eigenvalue weighted by Crippen LogP contribution is -2.59. The fourth-order valence-electron chi connectivity index (χ4n) is 9.87. The first-order valence-corrected chi connectivity index (χ1v) is 19.1. The topological polar surface area (TPSA) is 131 Å². The molecule has 0 spiro atoms. The van der Waals surface area contributed by atoms with Crippen molar-refractivity contribution in [3.63, 3.8) is 0 Å². The number of hydrogen-bond donors (Lipinski definition) is 2. The Morgan fingerprint density at radius 3 is 2.71 bits per heavy atom. The van der Waals surface area contributed by atoms with Gasteiger partial charge in [-0.25, -0.2) is 9.37 Å². The zero-order valence-corrected chi connectivity index (χ0v) is 30.7. The first kappa shape index (κ1) is 34.1. The molecule has 52 heavy (non-hydrogen) atoms. The number of likely N-dealkylation sites (tertiary alicyclic amines) is 1. The van der Waals surface area contributed by atoms with Gasteiger partial charge in [-0.3, -0.25) is 10.00 Å². The quantitative estimate of drug-likeness (QED) is 0.222. The Hall–Kier alpha value is -3.65. The van der Waals surface area contributed by atoms with E-state index in [4.69, 9.17) is 33.9 Å². The van der Waals surface area contributed by atoms with Crippen molar-refractivity contribution in [3.05, 3.63) is 29.2 Å². The summed E-state index contributed by atoms with van der Waals surface area (Å²) in [5, 5.41) is 19.8. The van der Waals surface area contributed by atoms with E-state index in [9.17, 15) is 5.11 Å². The van der Waals surface area contributed by atoms with Gasteiger partial charge in [0, 0.05) is 42.1 Å². The minimum absolute atomic E-state index is 0.0255. The summed E-state index contributed by atoms with van der Waals surface area (Å²) in [7, 11) is 3.35. The number of halogens is 1. The third-order valence-corrected chi connectivity index (χ3v) is 12.6. The van der Waals surface area contributed by atoms with E-state index >= 15 is 4.39 Å². The van der Waals surface area contributed by atoms with Gasteiger partial charge >= 0.3 is 6.01 Å². The van der Waals surface area contributed by atoms with Gasteiger partial charge in [0.2, 0.25) is 5.88 Å². The van der Waals surface area contributed by atoms with Gasteiger partial charge in [0.15, 0.2) is 5.82 Å². The molecule has 0 radical (unpaired) electrons. The number of nitrogens with one attached hydrogen (secondary N) is 1. The van der Waals surface area contributed by atoms with E-state index < -0.39 is 11.4 Å². The summed E-state index contributed by atoms with van der Waals surface area (Å²) < 4.78 is 41.5. The molecule has 0 amide bonds. The van der Waals surface area contributed by atoms with Crippen molar-refractivity contribution in [3.8, 4) is 23.1 Å². The summed E-state index contributed by atoms with van der Waals surface area (Å²) in [5.41, 5.74) is 2.77. The minimum atomic E-state index is -1.16. The highest BCUT2D eigenvalue weighted by atomic mass is 19.1. The second kappa shape index (κ2) is 13.0. The summed E-state index contributed by atoms with van der Waals surface area (Å²) in [6, 6.07) is 3.17. The number of anilines is 1. The van der Waals surface area contributed by atoms with Crippen LogP contribution in [-0.2, 0) is 9.47 Å². The van der Waals surface area contributed by atoms with Gasteiger partial charge in [0.25, 0.3) is 0 Å². The number of aromatic amines is 1. The maximum Gasteiger partial charge on any atom is 0.319 e. The average Bonchev–Trinajstić information content (AvgIpc) is 3.73. The number of aryl methyl sites for hydroxylation is 1. The number of ether oxygens (including phenoxy) is 4. The molecule has 2 saturated heterocycles. The van der Waals surface area contributed by atoms with Crippen LogP contribution in [0.15, 0.2) is 12.3 Å². The normalized spacial score (nSPS) is 29.7. The van der Waals surface area contributed by atoms with Crippen LogP contribution in [0.25, 0.3) is 33.1 Å². The summed E-state index contributed by atoms with van der Waals surface area (Å²) in [4.78, 5) is 19.4. The van der Waals surface area contributed by atoms with E-state index in [1.165, 1.54) is 7.11 Å². The van der Waals surface area contributed by atoms with Crippen LogP contribution in [0.5, 0.6) is 11.9 Å². The molecule has 3 aromatic heterocycles. The fourth-order valence-corrected chi connectivity index (χ4v) is 9.87. The fraction of sp³-hybridized carbons (Fsp3) is 0.641. The van der Waals surface area contributed by atoms with E-state index in [-0.39, 0.29) is 41.7 Å². The van der Waals surface area contributed by atoms with Gasteiger partial charge in [-0.05, 0) is 94.9 Å². The van der Waals surface area contributed by atoms with E-state index in [2.05, 4.69) is 28.1 Å². The molecule has 0 bridgehead atoms. The Balaban J connectivity index is 1.16. The zero-order chi connectivity index (χ0) is 35.8. The highest BCUT2D eigenvalue weighted by Crippen LogP contribution is 2.52. The van der Waals surface area contributed by atoms with Crippen LogP contribution in [0.1, 0.15) is 81.8 Å². The Labute approximate surface area is 303 Å². The second-order valence-electron chi connectivity index (χ2n) is 16.3. The molecule has 1 aromatic carbocycles. The van der Waals surface area contributed by atoms with E-state index in [0.717, 1.165) is 91.9 Å². The molecule has 3 unspecified atom stereocenters. The number of aliphatic hydroxyl groups is 1. The van der Waals surface area contributed by atoms with Gasteiger partial charge in [0.05, 0.1) is 51.3 Å². The molecule has 9 rings (SSSR count). The van der Waals surface area contributed by atoms with Crippen LogP contribution in [-0.4, -0.2) is 113 Å². The standard InChI is InChI=1S/C39H50FN7O5/c1-22-15-27-26(18-41-45-27)30(29(22)23-8-9-23)33-32(40)34-31(36(42-33)50-4)35(46-13-14-51-20-38(2,48)19-46)44-37(43-34)52-21-39-10-5-7-28(39)47(12-6-11-39)24-16-25(17-24)49-3/h15,18,23-25,28,48H,5-14,16-17,19-21H2,1-4H3,(H,41,45). The van der Waals surface area contributed by atoms with Gasteiger partial charge in [0.1, 0.15) is 28.0 Å². The molecule has 3 atom stereocenters. The number of fused-ring (bicyclic) bond motifs is 3. The number of pyridine rings is 1. The smallest absolute Gasteiger partial charge is 0.319 e. The number of rotatable bonds is 9. The lowest BCUT2D eigenvalue weighted by molar-refractivity contribution is -0.0845. The van der Waals surface area contributed by atoms with Crippen molar-refractivity contribution in [2.75, 3.05) is 58.6 Å². The highest BCUT2D eigenvalue weighted by molar-refractivity contribution is 6.01. The third kappa shape index (κ3) is 5.79. The molecule has 3 saturated carbocycles. The van der Waals surface area contributed by atoms with Crippen molar-refractivity contribution in [2.45, 2.75) is 101 Å². The summed E-state index contributed by atoms with van der Waals surface area (Å²) >= 11 is 0. The van der Waals surface area contributed by atoms with Gasteiger partial charge in [-0.15, -0.1) is 0 Å². The van der Waals surface area contributed by atoms with Crippen molar-refractivity contribution < 1.29 is 28.4 Å². The van der Waals surface area contributed by atoms with E-state index in [0.29, 0.717) is 55.1 Å². The molecule has 5 fully saturated rings. The summed E-state index contributed by atoms with van der Waals surface area (Å²) in [5.74, 6) is 0.386. The SMILES string of the molecule is COc1nc(-c2c(C3CC3)c(C)cc3[nH]ncc23)c(F)c2nc(OCC34CCCC3N(C3CC(OC)C3)CCC4)nc(N3CCOCC(C)(O)C3)c12. The second-order valence-corrected chi connectivity index (χ2v) is 16.3. The lowest BCUT2D eigenvalue weighted by atomic mass is 9.73. The summed E-state index contributed by atoms with van der Waals surface area (Å²) in [6.45, 7) is 6.55. The molecule has 2 aliphatic heterocycles. The van der Waals surface area contributed by atoms with Crippen LogP contribution < -0.4 is 14.4 Å². The van der Waals surface area contributed by atoms with Crippen molar-refractivity contribution in [2.24, 2.45) is 5.41 Å². The Kier molecular flexibility index (Phi) is 8.56. The van der Waals surface area contributed by atoms with Crippen molar-refractivity contribution in [1.29, 1.82) is 0 Å². The number of methoxy groups -OCH3 is 2. The molecule has 5 heterocycles. The summed E-state index contributed by atoms with van der Waals surface area (Å²) in [6.07, 6.45) is 11.9. The average molecular weight is 716 g/mol. The molecular weight excluding hydrogens is 665 g/mol. The van der Waals surface area contributed by atoms with Gasteiger partial charge < -0.3 is 29.0 Å². The van der Waals surface area contributed by atoms with Crippen LogP contribution in [0.2, 0.25) is 0 Å². The van der Waals surface area contributed by atoms with E-state index in [1.807, 2.05) is 12.0 Å². The third-order valence-electron chi connectivity index (χ3n) is 12.6. The first-order valence-electron chi connectivity index (χ1n) is 19.1. The predicted octanol–water partition coefficient (Wildman–Crippen LogP) is 5.68. The maximum absolute atomic E-state index is 17.5. The maximum atomic E-state index is 17.5. The van der Waals surface area contributed by atoms with Crippen molar-refractivity contribution >= 4 is 27.6 Å². The largest absolute Gasteiger partial charge is 0.480 e. The lowest BCUT2D eigenvalue weighted by Gasteiger charge is -2.53. The molecule has 12 nitrogen and oxygen atoms in total. The number of hydrogen-bond acceptors (Lipinski definition) is 11. The van der Waals surface area contributed by atoms with Gasteiger partial charge in [-0.1, -0.05) is 6.42 Å². The number of H-pyrrole nitrogens is 1.